The Morgan fingerprint density at radius 3 is 2.75 bits per heavy atom. The standard InChI is InChI=1S/C15H26N2O3/c1-15(2)7-3-9-17(13(15)14(19)20)12(18)5-4-11-6-8-16-10-11/h11,13,16H,3-10H2,1-2H3,(H,19,20). The maximum Gasteiger partial charge on any atom is 0.326 e. The lowest BCUT2D eigenvalue weighted by Gasteiger charge is -2.44. The highest BCUT2D eigenvalue weighted by Crippen LogP contribution is 2.35. The van der Waals surface area contributed by atoms with Crippen LogP contribution in [0.25, 0.3) is 0 Å². The van der Waals surface area contributed by atoms with E-state index >= 15 is 0 Å². The number of amides is 1. The number of rotatable bonds is 4. The number of piperidine rings is 1. The molecule has 0 aromatic heterocycles. The van der Waals surface area contributed by atoms with Crippen molar-refractivity contribution >= 4 is 11.9 Å². The Labute approximate surface area is 120 Å². The molecule has 2 rings (SSSR count). The lowest BCUT2D eigenvalue weighted by Crippen LogP contribution is -2.56. The first-order chi connectivity index (χ1) is 9.42. The molecule has 0 aromatic carbocycles. The largest absolute Gasteiger partial charge is 0.480 e. The van der Waals surface area contributed by atoms with Crippen molar-refractivity contribution in [3.63, 3.8) is 0 Å². The number of nitrogens with zero attached hydrogens (tertiary/aromatic N) is 1. The molecule has 2 aliphatic heterocycles. The average molecular weight is 282 g/mol. The van der Waals surface area contributed by atoms with Crippen LogP contribution in [0.1, 0.15) is 46.0 Å². The van der Waals surface area contributed by atoms with Gasteiger partial charge < -0.3 is 15.3 Å². The van der Waals surface area contributed by atoms with E-state index in [1.165, 1.54) is 0 Å². The van der Waals surface area contributed by atoms with Crippen molar-refractivity contribution in [2.24, 2.45) is 11.3 Å². The number of hydrogen-bond acceptors (Lipinski definition) is 3. The van der Waals surface area contributed by atoms with Gasteiger partial charge in [0.1, 0.15) is 6.04 Å². The molecule has 2 atom stereocenters. The van der Waals surface area contributed by atoms with Crippen molar-refractivity contribution in [2.75, 3.05) is 19.6 Å². The van der Waals surface area contributed by atoms with Gasteiger partial charge in [0, 0.05) is 13.0 Å². The maximum atomic E-state index is 12.4. The van der Waals surface area contributed by atoms with Gasteiger partial charge in [-0.1, -0.05) is 13.8 Å². The molecule has 5 nitrogen and oxygen atoms in total. The molecule has 2 fully saturated rings. The first-order valence-electron chi connectivity index (χ1n) is 7.65. The van der Waals surface area contributed by atoms with Gasteiger partial charge in [0.15, 0.2) is 0 Å². The van der Waals surface area contributed by atoms with Crippen LogP contribution in [0.4, 0.5) is 0 Å². The number of carboxylic acids is 1. The van der Waals surface area contributed by atoms with Crippen LogP contribution in [-0.2, 0) is 9.59 Å². The fraction of sp³-hybridized carbons (Fsp3) is 0.867. The highest BCUT2D eigenvalue weighted by atomic mass is 16.4. The lowest BCUT2D eigenvalue weighted by molar-refractivity contribution is -0.159. The zero-order valence-electron chi connectivity index (χ0n) is 12.5. The highest BCUT2D eigenvalue weighted by Gasteiger charge is 2.44. The van der Waals surface area contributed by atoms with E-state index in [2.05, 4.69) is 5.32 Å². The summed E-state index contributed by atoms with van der Waals surface area (Å²) >= 11 is 0. The Balaban J connectivity index is 1.97. The number of likely N-dealkylation sites (tertiary alicyclic amines) is 1. The third-order valence-electron chi connectivity index (χ3n) is 4.76. The summed E-state index contributed by atoms with van der Waals surface area (Å²) in [4.78, 5) is 25.5. The second-order valence-corrected chi connectivity index (χ2v) is 6.82. The number of carbonyl (C=O) groups excluding carboxylic acids is 1. The molecular formula is C15H26N2O3. The van der Waals surface area contributed by atoms with E-state index in [-0.39, 0.29) is 11.3 Å². The molecule has 2 N–H and O–H groups in total. The van der Waals surface area contributed by atoms with Crippen LogP contribution in [0.2, 0.25) is 0 Å². The minimum absolute atomic E-state index is 0.0112. The third-order valence-corrected chi connectivity index (χ3v) is 4.76. The molecule has 5 heteroatoms. The van der Waals surface area contributed by atoms with Gasteiger partial charge in [-0.25, -0.2) is 4.79 Å². The summed E-state index contributed by atoms with van der Waals surface area (Å²) in [6.07, 6.45) is 4.23. The van der Waals surface area contributed by atoms with Crippen molar-refractivity contribution < 1.29 is 14.7 Å². The summed E-state index contributed by atoms with van der Waals surface area (Å²) in [5.41, 5.74) is -0.339. The van der Waals surface area contributed by atoms with Gasteiger partial charge in [-0.3, -0.25) is 4.79 Å². The van der Waals surface area contributed by atoms with Crippen LogP contribution in [0.5, 0.6) is 0 Å². The third kappa shape index (κ3) is 3.32. The summed E-state index contributed by atoms with van der Waals surface area (Å²) in [5.74, 6) is -0.289. The summed E-state index contributed by atoms with van der Waals surface area (Å²) in [6.45, 7) is 6.51. The molecule has 0 aromatic rings. The summed E-state index contributed by atoms with van der Waals surface area (Å²) in [7, 11) is 0. The van der Waals surface area contributed by atoms with E-state index in [9.17, 15) is 14.7 Å². The molecule has 2 heterocycles. The van der Waals surface area contributed by atoms with Crippen LogP contribution in [0, 0.1) is 11.3 Å². The maximum absolute atomic E-state index is 12.4. The summed E-state index contributed by atoms with van der Waals surface area (Å²) in [5, 5.41) is 12.8. The molecule has 0 radical (unpaired) electrons. The fourth-order valence-corrected chi connectivity index (χ4v) is 3.56. The Morgan fingerprint density at radius 2 is 2.15 bits per heavy atom. The van der Waals surface area contributed by atoms with Crippen molar-refractivity contribution in [3.8, 4) is 0 Å². The number of carboxylic acid groups (broad SMARTS) is 1. The SMILES string of the molecule is CC1(C)CCCN(C(=O)CCC2CCNC2)C1C(=O)O. The van der Waals surface area contributed by atoms with E-state index in [0.29, 0.717) is 18.9 Å². The molecule has 0 bridgehead atoms. The number of nitrogens with one attached hydrogen (secondary N) is 1. The highest BCUT2D eigenvalue weighted by molar-refractivity contribution is 5.84. The molecule has 0 saturated carbocycles. The molecule has 0 spiro atoms. The van der Waals surface area contributed by atoms with Crippen molar-refractivity contribution in [2.45, 2.75) is 52.0 Å². The van der Waals surface area contributed by atoms with E-state index in [0.717, 1.165) is 38.8 Å². The first-order valence-corrected chi connectivity index (χ1v) is 7.65. The van der Waals surface area contributed by atoms with Gasteiger partial charge in [-0.05, 0) is 50.1 Å². The fourth-order valence-electron chi connectivity index (χ4n) is 3.56. The molecule has 2 unspecified atom stereocenters. The second-order valence-electron chi connectivity index (χ2n) is 6.82. The molecule has 0 aliphatic carbocycles. The van der Waals surface area contributed by atoms with E-state index in [1.54, 1.807) is 4.90 Å². The monoisotopic (exact) mass is 282 g/mol. The average Bonchev–Trinajstić information content (AvgIpc) is 2.86. The van der Waals surface area contributed by atoms with E-state index in [4.69, 9.17) is 0 Å². The number of aliphatic carboxylic acids is 1. The topological polar surface area (TPSA) is 69.6 Å². The molecule has 20 heavy (non-hydrogen) atoms. The van der Waals surface area contributed by atoms with E-state index in [1.807, 2.05) is 13.8 Å². The van der Waals surface area contributed by atoms with Crippen molar-refractivity contribution in [3.05, 3.63) is 0 Å². The quantitative estimate of drug-likeness (QED) is 0.819. The predicted octanol–water partition coefficient (Wildman–Crippen LogP) is 1.48. The van der Waals surface area contributed by atoms with Crippen molar-refractivity contribution in [1.29, 1.82) is 0 Å². The van der Waals surface area contributed by atoms with Gasteiger partial charge in [-0.2, -0.15) is 0 Å². The smallest absolute Gasteiger partial charge is 0.326 e. The van der Waals surface area contributed by atoms with Gasteiger partial charge in [0.2, 0.25) is 5.91 Å². The second kappa shape index (κ2) is 6.12. The van der Waals surface area contributed by atoms with Gasteiger partial charge in [0.05, 0.1) is 0 Å². The number of carbonyl (C=O) groups is 2. The van der Waals surface area contributed by atoms with Crippen LogP contribution in [0.15, 0.2) is 0 Å². The molecular weight excluding hydrogens is 256 g/mol. The lowest BCUT2D eigenvalue weighted by atomic mass is 9.76. The van der Waals surface area contributed by atoms with E-state index < -0.39 is 12.0 Å². The first kappa shape index (κ1) is 15.3. The van der Waals surface area contributed by atoms with Gasteiger partial charge >= 0.3 is 5.97 Å². The normalized spacial score (nSPS) is 29.4. The van der Waals surface area contributed by atoms with Gasteiger partial charge in [0.25, 0.3) is 0 Å². The Hall–Kier alpha value is -1.10. The predicted molar refractivity (Wildman–Crippen MR) is 76.4 cm³/mol. The minimum Gasteiger partial charge on any atom is -0.480 e. The molecule has 2 saturated heterocycles. The Bertz CT molecular complexity index is 375. The van der Waals surface area contributed by atoms with Crippen LogP contribution in [-0.4, -0.2) is 47.6 Å². The zero-order valence-corrected chi connectivity index (χ0v) is 12.5. The molecule has 2 aliphatic rings. The molecule has 1 amide bonds. The summed E-state index contributed by atoms with van der Waals surface area (Å²) in [6, 6.07) is -0.676. The van der Waals surface area contributed by atoms with Gasteiger partial charge in [-0.15, -0.1) is 0 Å². The van der Waals surface area contributed by atoms with Crippen molar-refractivity contribution in [1.82, 2.24) is 10.2 Å². The Kier molecular flexibility index (Phi) is 4.68. The molecule has 114 valence electrons. The van der Waals surface area contributed by atoms with Crippen LogP contribution < -0.4 is 5.32 Å². The zero-order chi connectivity index (χ0) is 14.8. The Morgan fingerprint density at radius 1 is 1.40 bits per heavy atom. The minimum atomic E-state index is -0.870. The van der Waals surface area contributed by atoms with Crippen LogP contribution >= 0.6 is 0 Å². The number of hydrogen-bond donors (Lipinski definition) is 2. The summed E-state index contributed by atoms with van der Waals surface area (Å²) < 4.78 is 0. The van der Waals surface area contributed by atoms with Crippen LogP contribution in [0.3, 0.4) is 0 Å².